The van der Waals surface area contributed by atoms with Gasteiger partial charge < -0.3 is 28.6 Å². The molecule has 3 fully saturated rings. The highest BCUT2D eigenvalue weighted by atomic mass is 35.5. The van der Waals surface area contributed by atoms with Gasteiger partial charge in [0.2, 0.25) is 0 Å². The Morgan fingerprint density at radius 3 is 2.56 bits per heavy atom. The summed E-state index contributed by atoms with van der Waals surface area (Å²) in [5.74, 6) is 0.147. The minimum atomic E-state index is -0.984. The van der Waals surface area contributed by atoms with Gasteiger partial charge in [0.25, 0.3) is 5.19 Å². The lowest BCUT2D eigenvalue weighted by atomic mass is 10.0. The van der Waals surface area contributed by atoms with Crippen molar-refractivity contribution in [3.63, 3.8) is 0 Å². The average Bonchev–Trinajstić information content (AvgIpc) is 3.23. The van der Waals surface area contributed by atoms with E-state index in [0.29, 0.717) is 51.1 Å². The Morgan fingerprint density at radius 2 is 1.82 bits per heavy atom. The van der Waals surface area contributed by atoms with Crippen molar-refractivity contribution < 1.29 is 33.4 Å². The van der Waals surface area contributed by atoms with Crippen molar-refractivity contribution in [3.8, 4) is 16.5 Å². The van der Waals surface area contributed by atoms with E-state index in [-0.39, 0.29) is 36.6 Å². The number of hydrogen-bond donors (Lipinski definition) is 1. The third-order valence-electron chi connectivity index (χ3n) is 7.24. The number of aromatic nitrogens is 2. The number of fused-ring (bicyclic) bond motifs is 2. The van der Waals surface area contributed by atoms with E-state index in [9.17, 15) is 9.90 Å². The number of halogens is 2. The van der Waals surface area contributed by atoms with E-state index in [1.165, 1.54) is 17.4 Å². The Bertz CT molecular complexity index is 1550. The Labute approximate surface area is 236 Å². The second-order valence-electron chi connectivity index (χ2n) is 9.81. The van der Waals surface area contributed by atoms with Crippen LogP contribution < -0.4 is 4.74 Å². The van der Waals surface area contributed by atoms with Crippen LogP contribution in [-0.2, 0) is 20.8 Å². The monoisotopic (exact) mass is 588 g/mol. The summed E-state index contributed by atoms with van der Waals surface area (Å²) in [5, 5.41) is 15.0. The van der Waals surface area contributed by atoms with Gasteiger partial charge in [0, 0.05) is 17.0 Å². The van der Waals surface area contributed by atoms with Gasteiger partial charge in [-0.3, -0.25) is 0 Å². The van der Waals surface area contributed by atoms with Gasteiger partial charge in [0.1, 0.15) is 29.8 Å². The van der Waals surface area contributed by atoms with E-state index >= 15 is 0 Å². The molecule has 39 heavy (non-hydrogen) atoms. The summed E-state index contributed by atoms with van der Waals surface area (Å²) in [6, 6.07) is 10.1. The van der Waals surface area contributed by atoms with Crippen LogP contribution >= 0.6 is 34.5 Å². The van der Waals surface area contributed by atoms with Gasteiger partial charge in [0.15, 0.2) is 6.10 Å². The van der Waals surface area contributed by atoms with Crippen LogP contribution in [0, 0.1) is 0 Å². The fourth-order valence-electron chi connectivity index (χ4n) is 5.13. The molecule has 4 heterocycles. The van der Waals surface area contributed by atoms with E-state index in [4.69, 9.17) is 46.7 Å². The molecule has 2 aromatic heterocycles. The average molecular weight is 589 g/mol. The molecular weight excluding hydrogens is 567 g/mol. The standard InChI is InChI=1S/C27H22Cl2N2O7S/c28-15-2-1-3-16(29)21(15)22-14(23(38-31-22)12-4-5-12)9-34-18-10-35-25-19(11-36-24(18)25)37-27-30-17-7-6-13(26(32)33)8-20(17)39-27/h1-3,6-8,12,18-19,24-25H,4-5,9-11H2,(H,32,33)/t18-,19-,24-,25-/m1/s1. The molecule has 4 aromatic rings. The maximum atomic E-state index is 11.3. The molecule has 1 saturated carbocycles. The first kappa shape index (κ1) is 25.3. The minimum absolute atomic E-state index is 0.207. The van der Waals surface area contributed by atoms with Crippen LogP contribution in [0.3, 0.4) is 0 Å². The smallest absolute Gasteiger partial charge is 0.335 e. The fraction of sp³-hybridized carbons (Fsp3) is 0.370. The fourth-order valence-corrected chi connectivity index (χ4v) is 6.61. The molecule has 7 rings (SSSR count). The first-order chi connectivity index (χ1) is 19.0. The number of ether oxygens (including phenoxy) is 4. The zero-order valence-electron chi connectivity index (χ0n) is 20.3. The normalized spacial score (nSPS) is 24.4. The van der Waals surface area contributed by atoms with Crippen molar-refractivity contribution in [3.05, 3.63) is 63.3 Å². The van der Waals surface area contributed by atoms with Crippen LogP contribution in [0.2, 0.25) is 10.0 Å². The van der Waals surface area contributed by atoms with Crippen molar-refractivity contribution in [2.45, 2.75) is 49.8 Å². The number of carboxylic acids is 1. The Hall–Kier alpha value is -2.73. The Balaban J connectivity index is 1.05. The molecule has 4 atom stereocenters. The van der Waals surface area contributed by atoms with Gasteiger partial charge in [-0.25, -0.2) is 9.78 Å². The second-order valence-corrected chi connectivity index (χ2v) is 11.6. The molecule has 9 nitrogen and oxygen atoms in total. The van der Waals surface area contributed by atoms with Crippen molar-refractivity contribution in [2.24, 2.45) is 0 Å². The van der Waals surface area contributed by atoms with Gasteiger partial charge in [-0.15, -0.1) is 0 Å². The topological polar surface area (TPSA) is 113 Å². The van der Waals surface area contributed by atoms with Crippen molar-refractivity contribution in [1.29, 1.82) is 0 Å². The predicted molar refractivity (Wildman–Crippen MR) is 143 cm³/mol. The lowest BCUT2D eigenvalue weighted by molar-refractivity contribution is -0.0428. The lowest BCUT2D eigenvalue weighted by Crippen LogP contribution is -2.35. The Kier molecular flexibility index (Phi) is 6.49. The zero-order valence-corrected chi connectivity index (χ0v) is 22.7. The summed E-state index contributed by atoms with van der Waals surface area (Å²) in [6.45, 7) is 0.929. The van der Waals surface area contributed by atoms with Crippen molar-refractivity contribution in [2.75, 3.05) is 13.2 Å². The number of carbonyl (C=O) groups is 1. The molecule has 202 valence electrons. The largest absolute Gasteiger partial charge is 0.478 e. The maximum Gasteiger partial charge on any atom is 0.335 e. The van der Waals surface area contributed by atoms with Gasteiger partial charge in [-0.1, -0.05) is 45.8 Å². The highest BCUT2D eigenvalue weighted by molar-refractivity contribution is 7.20. The SMILES string of the molecule is O=C(O)c1ccc2nc(O[C@@H]3CO[C@H]4[C@@H]3OC[C@H]4OCc3c(-c4c(Cl)cccc4Cl)noc3C3CC3)sc2c1. The highest BCUT2D eigenvalue weighted by Crippen LogP contribution is 2.46. The number of carboxylic acid groups (broad SMARTS) is 1. The minimum Gasteiger partial charge on any atom is -0.478 e. The number of nitrogens with zero attached hydrogens (tertiary/aromatic N) is 2. The number of thiazole rings is 1. The molecular formula is C27H22Cl2N2O7S. The number of aromatic carboxylic acids is 1. The highest BCUT2D eigenvalue weighted by Gasteiger charge is 2.50. The number of benzene rings is 2. The third-order valence-corrected chi connectivity index (χ3v) is 8.78. The summed E-state index contributed by atoms with van der Waals surface area (Å²) in [5.41, 5.74) is 2.96. The molecule has 12 heteroatoms. The van der Waals surface area contributed by atoms with E-state index in [0.717, 1.165) is 28.9 Å². The molecule has 0 spiro atoms. The molecule has 2 saturated heterocycles. The first-order valence-corrected chi connectivity index (χ1v) is 14.1. The summed E-state index contributed by atoms with van der Waals surface area (Å²) < 4.78 is 31.1. The van der Waals surface area contributed by atoms with E-state index in [1.807, 2.05) is 0 Å². The molecule has 0 bridgehead atoms. The van der Waals surface area contributed by atoms with Gasteiger partial charge >= 0.3 is 5.97 Å². The van der Waals surface area contributed by atoms with Gasteiger partial charge in [0.05, 0.1) is 45.6 Å². The number of hydrogen-bond acceptors (Lipinski definition) is 9. The molecule has 2 aromatic carbocycles. The lowest BCUT2D eigenvalue weighted by Gasteiger charge is -2.17. The molecule has 2 aliphatic heterocycles. The number of rotatable bonds is 8. The molecule has 0 radical (unpaired) electrons. The zero-order chi connectivity index (χ0) is 26.7. The summed E-state index contributed by atoms with van der Waals surface area (Å²) >= 11 is 14.3. The summed E-state index contributed by atoms with van der Waals surface area (Å²) in [7, 11) is 0. The third kappa shape index (κ3) is 4.69. The van der Waals surface area contributed by atoms with Gasteiger partial charge in [-0.05, 0) is 43.2 Å². The van der Waals surface area contributed by atoms with E-state index in [2.05, 4.69) is 10.1 Å². The van der Waals surface area contributed by atoms with Crippen LogP contribution in [0.4, 0.5) is 0 Å². The second kappa shape index (κ2) is 10.0. The molecule has 0 amide bonds. The molecule has 0 unspecified atom stereocenters. The van der Waals surface area contributed by atoms with Crippen molar-refractivity contribution >= 4 is 50.7 Å². The van der Waals surface area contributed by atoms with E-state index in [1.54, 1.807) is 30.3 Å². The predicted octanol–water partition coefficient (Wildman–Crippen LogP) is 5.96. The van der Waals surface area contributed by atoms with Gasteiger partial charge in [-0.2, -0.15) is 0 Å². The van der Waals surface area contributed by atoms with Crippen LogP contribution in [0.5, 0.6) is 5.19 Å². The van der Waals surface area contributed by atoms with Crippen LogP contribution in [-0.4, -0.2) is 58.8 Å². The van der Waals surface area contributed by atoms with Crippen LogP contribution in [0.1, 0.15) is 40.4 Å². The summed E-state index contributed by atoms with van der Waals surface area (Å²) in [6.07, 6.45) is 0.784. The first-order valence-electron chi connectivity index (χ1n) is 12.5. The van der Waals surface area contributed by atoms with E-state index < -0.39 is 5.97 Å². The van der Waals surface area contributed by atoms with Crippen molar-refractivity contribution in [1.82, 2.24) is 10.1 Å². The van der Waals surface area contributed by atoms with Crippen LogP contribution in [0.15, 0.2) is 40.9 Å². The molecule has 3 aliphatic rings. The quantitative estimate of drug-likeness (QED) is 0.266. The van der Waals surface area contributed by atoms with Crippen LogP contribution in [0.25, 0.3) is 21.5 Å². The molecule has 1 N–H and O–H groups in total. The summed E-state index contributed by atoms with van der Waals surface area (Å²) in [4.78, 5) is 15.8. The Morgan fingerprint density at radius 1 is 1.08 bits per heavy atom. The maximum absolute atomic E-state index is 11.3. The molecule has 1 aliphatic carbocycles.